The summed E-state index contributed by atoms with van der Waals surface area (Å²) in [5, 5.41) is 8.96. The maximum Gasteiger partial charge on any atom is 0.317 e. The van der Waals surface area contributed by atoms with Crippen LogP contribution in [0, 0.1) is 5.82 Å². The van der Waals surface area contributed by atoms with Crippen LogP contribution in [-0.4, -0.2) is 66.8 Å². The van der Waals surface area contributed by atoms with Crippen molar-refractivity contribution in [2.24, 2.45) is 0 Å². The maximum atomic E-state index is 13.3. The molecule has 1 atom stereocenters. The lowest BCUT2D eigenvalue weighted by Gasteiger charge is -2.34. The standard InChI is InChI=1S/C15H19Cl2FN2O3/c1-19(9-13(21)22)7-11-8-20(4-5-23-11)6-10-2-3-12(18)15(17)14(10)16/h2-3,11H,4-9H2,1H3,(H,21,22). The van der Waals surface area contributed by atoms with Crippen molar-refractivity contribution in [1.29, 1.82) is 0 Å². The molecule has 0 spiro atoms. The number of aliphatic carboxylic acids is 1. The van der Waals surface area contributed by atoms with Gasteiger partial charge in [0.05, 0.1) is 29.3 Å². The van der Waals surface area contributed by atoms with Crippen LogP contribution in [0.25, 0.3) is 0 Å². The third-order valence-electron chi connectivity index (χ3n) is 3.65. The molecule has 8 heteroatoms. The van der Waals surface area contributed by atoms with Crippen LogP contribution in [0.5, 0.6) is 0 Å². The van der Waals surface area contributed by atoms with E-state index in [0.717, 1.165) is 12.1 Å². The summed E-state index contributed by atoms with van der Waals surface area (Å²) < 4.78 is 19.0. The van der Waals surface area contributed by atoms with Gasteiger partial charge in [-0.25, -0.2) is 4.39 Å². The Morgan fingerprint density at radius 2 is 2.22 bits per heavy atom. The first-order valence-corrected chi connectivity index (χ1v) is 7.99. The van der Waals surface area contributed by atoms with Crippen LogP contribution in [0.3, 0.4) is 0 Å². The summed E-state index contributed by atoms with van der Waals surface area (Å²) in [7, 11) is 1.74. The van der Waals surface area contributed by atoms with Crippen LogP contribution in [0.15, 0.2) is 12.1 Å². The highest BCUT2D eigenvalue weighted by Crippen LogP contribution is 2.29. The molecule has 1 saturated heterocycles. The molecule has 1 aromatic rings. The van der Waals surface area contributed by atoms with Crippen molar-refractivity contribution in [2.45, 2.75) is 12.6 Å². The number of carboxylic acid groups (broad SMARTS) is 1. The number of morpholine rings is 1. The molecule has 1 aliphatic heterocycles. The van der Waals surface area contributed by atoms with Gasteiger partial charge in [-0.3, -0.25) is 14.6 Å². The average molecular weight is 365 g/mol. The van der Waals surface area contributed by atoms with Crippen molar-refractivity contribution in [3.63, 3.8) is 0 Å². The molecule has 1 aromatic carbocycles. The fraction of sp³-hybridized carbons (Fsp3) is 0.533. The largest absolute Gasteiger partial charge is 0.480 e. The van der Waals surface area contributed by atoms with E-state index >= 15 is 0 Å². The summed E-state index contributed by atoms with van der Waals surface area (Å²) in [6.45, 7) is 2.97. The first-order valence-electron chi connectivity index (χ1n) is 7.23. The Kier molecular flexibility index (Phi) is 6.61. The minimum absolute atomic E-state index is 0.0285. The van der Waals surface area contributed by atoms with Crippen LogP contribution in [0.2, 0.25) is 10.0 Å². The zero-order valence-corrected chi connectivity index (χ0v) is 14.3. The smallest absolute Gasteiger partial charge is 0.317 e. The molecule has 0 bridgehead atoms. The molecule has 1 fully saturated rings. The first-order chi connectivity index (χ1) is 10.9. The van der Waals surface area contributed by atoms with Crippen LogP contribution in [0.1, 0.15) is 5.56 Å². The molecule has 1 N–H and O–H groups in total. The highest BCUT2D eigenvalue weighted by Gasteiger charge is 2.23. The number of carbonyl (C=O) groups is 1. The lowest BCUT2D eigenvalue weighted by atomic mass is 10.1. The number of likely N-dealkylation sites (N-methyl/N-ethyl adjacent to an activating group) is 1. The minimum atomic E-state index is -0.868. The summed E-state index contributed by atoms with van der Waals surface area (Å²) in [5.74, 6) is -1.40. The number of ether oxygens (including phenoxy) is 1. The zero-order chi connectivity index (χ0) is 17.0. The Labute approximate surface area is 144 Å². The predicted molar refractivity (Wildman–Crippen MR) is 86.6 cm³/mol. The van der Waals surface area contributed by atoms with Gasteiger partial charge in [0.15, 0.2) is 0 Å². The van der Waals surface area contributed by atoms with Gasteiger partial charge in [-0.05, 0) is 18.7 Å². The molecule has 23 heavy (non-hydrogen) atoms. The van der Waals surface area contributed by atoms with Gasteiger partial charge in [-0.15, -0.1) is 0 Å². The molecule has 1 heterocycles. The summed E-state index contributed by atoms with van der Waals surface area (Å²) in [6, 6.07) is 2.94. The van der Waals surface area contributed by atoms with Gasteiger partial charge in [-0.2, -0.15) is 0 Å². The molecule has 5 nitrogen and oxygen atoms in total. The summed E-state index contributed by atoms with van der Waals surface area (Å²) in [5.41, 5.74) is 0.762. The van der Waals surface area contributed by atoms with Crippen LogP contribution >= 0.6 is 23.2 Å². The second-order valence-electron chi connectivity index (χ2n) is 5.65. The summed E-state index contributed by atoms with van der Waals surface area (Å²) >= 11 is 11.9. The highest BCUT2D eigenvalue weighted by atomic mass is 35.5. The Bertz CT molecular complexity index is 574. The fourth-order valence-electron chi connectivity index (χ4n) is 2.61. The molecule has 0 aliphatic carbocycles. The van der Waals surface area contributed by atoms with Crippen LogP contribution < -0.4 is 0 Å². The van der Waals surface area contributed by atoms with Gasteiger partial charge in [0.1, 0.15) is 5.82 Å². The highest BCUT2D eigenvalue weighted by molar-refractivity contribution is 6.42. The molecular formula is C15H19Cl2FN2O3. The SMILES string of the molecule is CN(CC(=O)O)CC1CN(Cc2ccc(F)c(Cl)c2Cl)CCO1. The van der Waals surface area contributed by atoms with Crippen LogP contribution in [-0.2, 0) is 16.1 Å². The van der Waals surface area contributed by atoms with Gasteiger partial charge in [-0.1, -0.05) is 29.3 Å². The molecular weight excluding hydrogens is 346 g/mol. The van der Waals surface area contributed by atoms with Gasteiger partial charge in [0.25, 0.3) is 0 Å². The Morgan fingerprint density at radius 1 is 1.48 bits per heavy atom. The van der Waals surface area contributed by atoms with E-state index in [1.54, 1.807) is 18.0 Å². The Balaban J connectivity index is 1.94. The third-order valence-corrected chi connectivity index (χ3v) is 4.55. The number of rotatable bonds is 6. The van der Waals surface area contributed by atoms with Crippen molar-refractivity contribution in [3.8, 4) is 0 Å². The lowest BCUT2D eigenvalue weighted by molar-refractivity contribution is -0.138. The van der Waals surface area contributed by atoms with Crippen molar-refractivity contribution in [1.82, 2.24) is 9.80 Å². The molecule has 1 unspecified atom stereocenters. The zero-order valence-electron chi connectivity index (χ0n) is 12.8. The number of nitrogens with zero attached hydrogens (tertiary/aromatic N) is 2. The number of hydrogen-bond acceptors (Lipinski definition) is 4. The molecule has 0 saturated carbocycles. The monoisotopic (exact) mass is 364 g/mol. The Morgan fingerprint density at radius 3 is 2.91 bits per heavy atom. The maximum absolute atomic E-state index is 13.3. The van der Waals surface area contributed by atoms with Gasteiger partial charge in [0.2, 0.25) is 0 Å². The Hall–Kier alpha value is -0.920. The van der Waals surface area contributed by atoms with E-state index < -0.39 is 11.8 Å². The van der Waals surface area contributed by atoms with Crippen molar-refractivity contribution >= 4 is 29.2 Å². The van der Waals surface area contributed by atoms with E-state index in [1.807, 2.05) is 0 Å². The first kappa shape index (κ1) is 18.4. The molecule has 128 valence electrons. The molecule has 0 amide bonds. The second kappa shape index (κ2) is 8.26. The van der Waals surface area contributed by atoms with E-state index in [0.29, 0.717) is 26.2 Å². The second-order valence-corrected chi connectivity index (χ2v) is 6.41. The van der Waals surface area contributed by atoms with E-state index in [9.17, 15) is 9.18 Å². The van der Waals surface area contributed by atoms with Gasteiger partial charge >= 0.3 is 5.97 Å². The number of benzene rings is 1. The predicted octanol–water partition coefficient (Wildman–Crippen LogP) is 2.35. The molecule has 0 aromatic heterocycles. The minimum Gasteiger partial charge on any atom is -0.480 e. The van der Waals surface area contributed by atoms with Crippen molar-refractivity contribution in [2.75, 3.05) is 39.8 Å². The summed E-state index contributed by atoms with van der Waals surface area (Å²) in [4.78, 5) is 14.5. The van der Waals surface area contributed by atoms with Crippen molar-refractivity contribution in [3.05, 3.63) is 33.6 Å². The number of halogens is 3. The molecule has 0 radical (unpaired) electrons. The van der Waals surface area contributed by atoms with Crippen molar-refractivity contribution < 1.29 is 19.0 Å². The van der Waals surface area contributed by atoms with Gasteiger partial charge < -0.3 is 9.84 Å². The van der Waals surface area contributed by atoms with E-state index in [-0.39, 0.29) is 22.7 Å². The quantitative estimate of drug-likeness (QED) is 0.785. The normalized spacial score (nSPS) is 19.3. The average Bonchev–Trinajstić information content (AvgIpc) is 2.47. The van der Waals surface area contributed by atoms with Crippen LogP contribution in [0.4, 0.5) is 4.39 Å². The number of carboxylic acids is 1. The van der Waals surface area contributed by atoms with Gasteiger partial charge in [0, 0.05) is 26.2 Å². The third kappa shape index (κ3) is 5.29. The lowest BCUT2D eigenvalue weighted by Crippen LogP contribution is -2.47. The van der Waals surface area contributed by atoms with E-state index in [4.69, 9.17) is 33.0 Å². The van der Waals surface area contributed by atoms with E-state index in [2.05, 4.69) is 4.90 Å². The molecule has 1 aliphatic rings. The topological polar surface area (TPSA) is 53.0 Å². The molecule has 2 rings (SSSR count). The summed E-state index contributed by atoms with van der Waals surface area (Å²) in [6.07, 6.45) is -0.0807. The number of hydrogen-bond donors (Lipinski definition) is 1. The van der Waals surface area contributed by atoms with E-state index in [1.165, 1.54) is 6.07 Å². The fourth-order valence-corrected chi connectivity index (χ4v) is 3.00.